The maximum atomic E-state index is 13.0. The summed E-state index contributed by atoms with van der Waals surface area (Å²) in [4.78, 5) is 21.8. The molecule has 5 N–H and O–H groups in total. The van der Waals surface area contributed by atoms with E-state index >= 15 is 0 Å². The van der Waals surface area contributed by atoms with Crippen molar-refractivity contribution in [1.29, 1.82) is 5.53 Å². The second-order valence-electron chi connectivity index (χ2n) is 8.29. The Morgan fingerprint density at radius 2 is 2.06 bits per heavy atom. The van der Waals surface area contributed by atoms with Gasteiger partial charge in [0.1, 0.15) is 5.82 Å². The SMILES string of the molecule is CC/C=C(/CC(NC(=O)Nc1cc2cnn(-c3ccnc(C)c3)c2c(CN)n1)c1ccccc1)N=N. The zero-order chi connectivity index (χ0) is 25.5. The molecule has 36 heavy (non-hydrogen) atoms. The van der Waals surface area contributed by atoms with Crippen LogP contribution in [0.1, 0.15) is 42.8 Å². The summed E-state index contributed by atoms with van der Waals surface area (Å²) in [6, 6.07) is 14.4. The van der Waals surface area contributed by atoms with E-state index in [-0.39, 0.29) is 12.6 Å². The number of carbonyl (C=O) groups excluding carboxylic acids is 1. The van der Waals surface area contributed by atoms with Crippen LogP contribution in [0.5, 0.6) is 0 Å². The van der Waals surface area contributed by atoms with E-state index in [1.807, 2.05) is 62.4 Å². The second kappa shape index (κ2) is 11.3. The van der Waals surface area contributed by atoms with E-state index in [1.165, 1.54) is 0 Å². The predicted octanol–water partition coefficient (Wildman–Crippen LogP) is 5.16. The van der Waals surface area contributed by atoms with Crippen LogP contribution < -0.4 is 16.4 Å². The van der Waals surface area contributed by atoms with Crippen molar-refractivity contribution in [3.05, 3.63) is 89.6 Å². The van der Waals surface area contributed by atoms with Gasteiger partial charge in [-0.3, -0.25) is 10.3 Å². The molecule has 2 amide bonds. The lowest BCUT2D eigenvalue weighted by atomic mass is 10.0. The van der Waals surface area contributed by atoms with Crippen molar-refractivity contribution in [2.24, 2.45) is 10.8 Å². The number of aryl methyl sites for hydroxylation is 1. The lowest BCUT2D eigenvalue weighted by molar-refractivity contribution is 0.248. The summed E-state index contributed by atoms with van der Waals surface area (Å²) in [7, 11) is 0. The molecule has 4 rings (SSSR count). The van der Waals surface area contributed by atoms with E-state index in [2.05, 4.69) is 30.8 Å². The van der Waals surface area contributed by atoms with Gasteiger partial charge in [-0.05, 0) is 37.1 Å². The molecule has 1 unspecified atom stereocenters. The van der Waals surface area contributed by atoms with Gasteiger partial charge in [0.25, 0.3) is 0 Å². The summed E-state index contributed by atoms with van der Waals surface area (Å²) in [6.45, 7) is 4.07. The average Bonchev–Trinajstić information content (AvgIpc) is 3.32. The molecule has 0 saturated carbocycles. The number of nitrogens with zero attached hydrogens (tertiary/aromatic N) is 5. The van der Waals surface area contributed by atoms with Crippen molar-refractivity contribution in [1.82, 2.24) is 25.1 Å². The Kier molecular flexibility index (Phi) is 7.76. The number of aromatic nitrogens is 4. The molecule has 0 fully saturated rings. The Hall–Kier alpha value is -4.44. The summed E-state index contributed by atoms with van der Waals surface area (Å²) in [5, 5.41) is 14.8. The lowest BCUT2D eigenvalue weighted by Gasteiger charge is -2.20. The number of pyridine rings is 2. The number of amides is 2. The van der Waals surface area contributed by atoms with E-state index in [0.717, 1.165) is 34.3 Å². The first-order valence-corrected chi connectivity index (χ1v) is 11.7. The Balaban J connectivity index is 1.59. The van der Waals surface area contributed by atoms with E-state index in [4.69, 9.17) is 11.3 Å². The molecule has 0 saturated heterocycles. The first kappa shape index (κ1) is 24.7. The normalized spacial score (nSPS) is 12.4. The highest BCUT2D eigenvalue weighted by atomic mass is 16.2. The molecule has 0 bridgehead atoms. The van der Waals surface area contributed by atoms with Gasteiger partial charge in [-0.1, -0.05) is 43.3 Å². The summed E-state index contributed by atoms with van der Waals surface area (Å²) in [6.07, 6.45) is 6.48. The van der Waals surface area contributed by atoms with Crippen LogP contribution in [0.3, 0.4) is 0 Å². The van der Waals surface area contributed by atoms with Crippen LogP contribution in [0.2, 0.25) is 0 Å². The third-order valence-corrected chi connectivity index (χ3v) is 5.68. The molecule has 0 aliphatic heterocycles. The minimum atomic E-state index is -0.420. The van der Waals surface area contributed by atoms with Gasteiger partial charge in [-0.2, -0.15) is 10.2 Å². The summed E-state index contributed by atoms with van der Waals surface area (Å²) in [5.41, 5.74) is 18.1. The molecule has 0 spiro atoms. The van der Waals surface area contributed by atoms with E-state index in [9.17, 15) is 4.79 Å². The van der Waals surface area contributed by atoms with Gasteiger partial charge in [0, 0.05) is 30.2 Å². The summed E-state index contributed by atoms with van der Waals surface area (Å²) >= 11 is 0. The van der Waals surface area contributed by atoms with Crippen LogP contribution in [-0.4, -0.2) is 25.8 Å². The van der Waals surface area contributed by atoms with E-state index < -0.39 is 6.03 Å². The van der Waals surface area contributed by atoms with Crippen LogP contribution in [0.15, 0.2) is 77.8 Å². The number of nitrogens with one attached hydrogen (secondary N) is 3. The highest BCUT2D eigenvalue weighted by Gasteiger charge is 2.18. The maximum Gasteiger partial charge on any atom is 0.320 e. The van der Waals surface area contributed by atoms with Crippen LogP contribution >= 0.6 is 0 Å². The van der Waals surface area contributed by atoms with Crippen LogP contribution in [0, 0.1) is 12.5 Å². The lowest BCUT2D eigenvalue weighted by Crippen LogP contribution is -2.33. The molecule has 3 heterocycles. The maximum absolute atomic E-state index is 13.0. The zero-order valence-electron chi connectivity index (χ0n) is 20.3. The van der Waals surface area contributed by atoms with Gasteiger partial charge in [-0.25, -0.2) is 20.0 Å². The first-order valence-electron chi connectivity index (χ1n) is 11.7. The van der Waals surface area contributed by atoms with Crippen LogP contribution in [0.25, 0.3) is 16.6 Å². The number of carbonyl (C=O) groups is 1. The van der Waals surface area contributed by atoms with Gasteiger partial charge in [-0.15, -0.1) is 0 Å². The van der Waals surface area contributed by atoms with Crippen LogP contribution in [-0.2, 0) is 6.54 Å². The Bertz CT molecular complexity index is 1400. The van der Waals surface area contributed by atoms with Gasteiger partial charge in [0.15, 0.2) is 0 Å². The minimum absolute atomic E-state index is 0.173. The Morgan fingerprint density at radius 1 is 1.25 bits per heavy atom. The van der Waals surface area contributed by atoms with E-state index in [0.29, 0.717) is 23.6 Å². The Morgan fingerprint density at radius 3 is 2.75 bits per heavy atom. The van der Waals surface area contributed by atoms with Gasteiger partial charge in [0.2, 0.25) is 0 Å². The van der Waals surface area contributed by atoms with Crippen molar-refractivity contribution >= 4 is 22.8 Å². The smallest absolute Gasteiger partial charge is 0.320 e. The van der Waals surface area contributed by atoms with Crippen molar-refractivity contribution in [2.75, 3.05) is 5.32 Å². The molecule has 1 aromatic carbocycles. The first-order chi connectivity index (χ1) is 17.5. The molecular formula is C26H29N9O. The Labute approximate surface area is 209 Å². The highest BCUT2D eigenvalue weighted by Crippen LogP contribution is 2.25. The predicted molar refractivity (Wildman–Crippen MR) is 139 cm³/mol. The molecule has 1 atom stereocenters. The number of hydrogen-bond acceptors (Lipinski definition) is 7. The van der Waals surface area contributed by atoms with Crippen molar-refractivity contribution < 1.29 is 4.79 Å². The number of allylic oxidation sites excluding steroid dienone is 1. The van der Waals surface area contributed by atoms with Gasteiger partial charge >= 0.3 is 6.03 Å². The standard InChI is InChI=1S/C26H29N9O/c1-3-7-20(34-28)14-22(18-8-5-4-6-9-18)32-26(36)33-24-13-19-16-30-35(25(19)23(15-27)31-24)21-10-11-29-17(2)12-21/h4-13,16,22,28H,3,14-15,27H2,1-2H3,(H2,31,32,33,36)/b20-7-,34-28?. The molecule has 10 heteroatoms. The fourth-order valence-electron chi connectivity index (χ4n) is 4.07. The van der Waals surface area contributed by atoms with Crippen molar-refractivity contribution in [3.8, 4) is 5.69 Å². The summed E-state index contributed by atoms with van der Waals surface area (Å²) in [5.74, 6) is 0.368. The number of hydrogen-bond donors (Lipinski definition) is 4. The second-order valence-corrected chi connectivity index (χ2v) is 8.29. The van der Waals surface area contributed by atoms with Crippen LogP contribution in [0.4, 0.5) is 10.6 Å². The highest BCUT2D eigenvalue weighted by molar-refractivity contribution is 5.92. The largest absolute Gasteiger partial charge is 0.331 e. The molecule has 0 aliphatic carbocycles. The third-order valence-electron chi connectivity index (χ3n) is 5.68. The average molecular weight is 484 g/mol. The zero-order valence-corrected chi connectivity index (χ0v) is 20.3. The fourth-order valence-corrected chi connectivity index (χ4v) is 4.07. The number of fused-ring (bicyclic) bond motifs is 1. The summed E-state index contributed by atoms with van der Waals surface area (Å²) < 4.78 is 1.78. The fraction of sp³-hybridized carbons (Fsp3) is 0.231. The van der Waals surface area contributed by atoms with E-state index in [1.54, 1.807) is 23.1 Å². The number of urea groups is 1. The van der Waals surface area contributed by atoms with Gasteiger partial charge < -0.3 is 11.1 Å². The molecule has 184 valence electrons. The molecule has 0 radical (unpaired) electrons. The quantitative estimate of drug-likeness (QED) is 0.243. The molecule has 10 nitrogen and oxygen atoms in total. The van der Waals surface area contributed by atoms with Crippen molar-refractivity contribution in [2.45, 2.75) is 39.3 Å². The number of benzene rings is 1. The topological polar surface area (TPSA) is 147 Å². The third kappa shape index (κ3) is 5.61. The number of nitrogens with two attached hydrogens (primary N) is 1. The molecule has 4 aromatic rings. The molecule has 3 aromatic heterocycles. The molecular weight excluding hydrogens is 454 g/mol. The number of anilines is 1. The molecule has 0 aliphatic rings. The minimum Gasteiger partial charge on any atom is -0.331 e. The van der Waals surface area contributed by atoms with Crippen molar-refractivity contribution in [3.63, 3.8) is 0 Å². The van der Waals surface area contributed by atoms with Gasteiger partial charge in [0.05, 0.1) is 34.8 Å². The monoisotopic (exact) mass is 483 g/mol. The number of rotatable bonds is 9.